The average molecular weight is 251 g/mol. The van der Waals surface area contributed by atoms with Gasteiger partial charge in [0, 0.05) is 25.4 Å². The largest absolute Gasteiger partial charge is 0.300 e. The van der Waals surface area contributed by atoms with Crippen LogP contribution in [0.3, 0.4) is 0 Å². The van der Waals surface area contributed by atoms with Crippen molar-refractivity contribution < 1.29 is 0 Å². The Hall–Kier alpha value is -1.75. The highest BCUT2D eigenvalue weighted by atomic mass is 35.5. The lowest BCUT2D eigenvalue weighted by Crippen LogP contribution is -2.11. The Bertz CT molecular complexity index is 635. The zero-order valence-electron chi connectivity index (χ0n) is 9.44. The van der Waals surface area contributed by atoms with E-state index >= 15 is 0 Å². The van der Waals surface area contributed by atoms with E-state index in [-0.39, 0.29) is 16.8 Å². The van der Waals surface area contributed by atoms with E-state index in [1.165, 1.54) is 0 Å². The number of rotatable bonds is 2. The summed E-state index contributed by atoms with van der Waals surface area (Å²) in [6.45, 7) is 1.94. The molecule has 1 unspecified atom stereocenters. The van der Waals surface area contributed by atoms with Gasteiger partial charge in [-0.25, -0.2) is 4.98 Å². The van der Waals surface area contributed by atoms with Crippen molar-refractivity contribution in [2.45, 2.75) is 12.8 Å². The lowest BCUT2D eigenvalue weighted by atomic mass is 10.1. The zero-order chi connectivity index (χ0) is 12.4. The van der Waals surface area contributed by atoms with Gasteiger partial charge in [0.25, 0.3) is 5.56 Å². The van der Waals surface area contributed by atoms with Gasteiger partial charge >= 0.3 is 0 Å². The highest BCUT2D eigenvalue weighted by Crippen LogP contribution is 2.19. The van der Waals surface area contributed by atoms with Gasteiger partial charge < -0.3 is 4.99 Å². The Balaban J connectivity index is 2.77. The van der Waals surface area contributed by atoms with Crippen molar-refractivity contribution in [3.8, 4) is 0 Å². The predicted molar refractivity (Wildman–Crippen MR) is 68.0 cm³/mol. The molecule has 1 atom stereocenters. The van der Waals surface area contributed by atoms with Crippen LogP contribution >= 0.6 is 11.6 Å². The third-order valence-corrected chi connectivity index (χ3v) is 2.61. The first-order chi connectivity index (χ1) is 8.13. The summed E-state index contributed by atoms with van der Waals surface area (Å²) in [5.74, 6) is -0.0194. The van der Waals surface area contributed by atoms with Crippen LogP contribution in [0.1, 0.15) is 18.5 Å². The van der Waals surface area contributed by atoms with E-state index in [9.17, 15) is 4.79 Å². The first kappa shape index (κ1) is 11.7. The van der Waals surface area contributed by atoms with Gasteiger partial charge in [0.2, 0.25) is 5.28 Å². The molecular weight excluding hydrogens is 240 g/mol. The Labute approximate surface area is 103 Å². The molecule has 0 aliphatic carbocycles. The molecule has 0 radical (unpaired) electrons. The van der Waals surface area contributed by atoms with Gasteiger partial charge in [0.1, 0.15) is 5.52 Å². The Morgan fingerprint density at radius 2 is 2.35 bits per heavy atom. The molecule has 0 bridgehead atoms. The third-order valence-electron chi connectivity index (χ3n) is 2.43. The fourth-order valence-corrected chi connectivity index (χ4v) is 1.86. The minimum Gasteiger partial charge on any atom is -0.300 e. The normalized spacial score (nSPS) is 13.4. The molecule has 17 heavy (non-hydrogen) atoms. The average Bonchev–Trinajstić information content (AvgIpc) is 2.28. The summed E-state index contributed by atoms with van der Waals surface area (Å²) in [4.78, 5) is 26.5. The maximum absolute atomic E-state index is 11.7. The first-order valence-corrected chi connectivity index (χ1v) is 5.48. The summed E-state index contributed by atoms with van der Waals surface area (Å²) >= 11 is 5.75. The van der Waals surface area contributed by atoms with Crippen LogP contribution in [0.5, 0.6) is 0 Å². The van der Waals surface area contributed by atoms with Crippen molar-refractivity contribution in [3.05, 3.63) is 33.6 Å². The van der Waals surface area contributed by atoms with E-state index in [1.54, 1.807) is 25.5 Å². The van der Waals surface area contributed by atoms with Gasteiger partial charge in [0.15, 0.2) is 0 Å². The summed E-state index contributed by atoms with van der Waals surface area (Å²) in [5, 5.41) is 0.549. The Morgan fingerprint density at radius 1 is 1.59 bits per heavy atom. The molecule has 0 aliphatic rings. The summed E-state index contributed by atoms with van der Waals surface area (Å²) in [7, 11) is 1.69. The summed E-state index contributed by atoms with van der Waals surface area (Å²) < 4.78 is 0. The molecule has 0 aromatic carbocycles. The third kappa shape index (κ3) is 2.19. The van der Waals surface area contributed by atoms with Crippen LogP contribution in [0.4, 0.5) is 0 Å². The number of H-pyrrole nitrogens is 1. The summed E-state index contributed by atoms with van der Waals surface area (Å²) in [6, 6.07) is 1.62. The molecule has 1 N–H and O–H groups in total. The molecule has 0 fully saturated rings. The highest BCUT2D eigenvalue weighted by Gasteiger charge is 2.12. The molecule has 2 heterocycles. The standard InChI is InChI=1S/C11H11ClN4O/c1-6(5-13-2)8-9-7(3-4-14-8)10(17)16-11(12)15-9/h3-6H,1-2H3,(H,15,16,17). The van der Waals surface area contributed by atoms with E-state index in [2.05, 4.69) is 19.9 Å². The van der Waals surface area contributed by atoms with Crippen molar-refractivity contribution in [3.63, 3.8) is 0 Å². The highest BCUT2D eigenvalue weighted by molar-refractivity contribution is 6.28. The van der Waals surface area contributed by atoms with Gasteiger partial charge in [-0.05, 0) is 17.7 Å². The van der Waals surface area contributed by atoms with E-state index < -0.39 is 0 Å². The number of halogens is 1. The van der Waals surface area contributed by atoms with Crippen molar-refractivity contribution in [2.24, 2.45) is 4.99 Å². The van der Waals surface area contributed by atoms with E-state index in [4.69, 9.17) is 11.6 Å². The molecule has 0 amide bonds. The minimum atomic E-state index is -0.260. The van der Waals surface area contributed by atoms with Crippen LogP contribution in [0, 0.1) is 0 Å². The first-order valence-electron chi connectivity index (χ1n) is 5.10. The number of hydrogen-bond acceptors (Lipinski definition) is 4. The number of nitrogens with one attached hydrogen (secondary N) is 1. The molecule has 5 nitrogen and oxygen atoms in total. The molecule has 2 rings (SSSR count). The Morgan fingerprint density at radius 3 is 3.06 bits per heavy atom. The number of pyridine rings is 1. The van der Waals surface area contributed by atoms with Crippen molar-refractivity contribution in [1.29, 1.82) is 0 Å². The Kier molecular flexibility index (Phi) is 3.19. The van der Waals surface area contributed by atoms with Gasteiger partial charge in [-0.2, -0.15) is 0 Å². The van der Waals surface area contributed by atoms with E-state index in [0.717, 1.165) is 0 Å². The second-order valence-electron chi connectivity index (χ2n) is 3.65. The summed E-state index contributed by atoms with van der Waals surface area (Å²) in [5.41, 5.74) is 0.957. The van der Waals surface area contributed by atoms with Crippen LogP contribution < -0.4 is 5.56 Å². The molecule has 0 saturated heterocycles. The number of aromatic amines is 1. The SMILES string of the molecule is CN=CC(C)c1nccc2c(=O)[nH]c(Cl)nc12. The molecule has 88 valence electrons. The van der Waals surface area contributed by atoms with Gasteiger partial charge in [-0.3, -0.25) is 14.8 Å². The lowest BCUT2D eigenvalue weighted by Gasteiger charge is -2.07. The zero-order valence-corrected chi connectivity index (χ0v) is 10.2. The van der Waals surface area contributed by atoms with Crippen LogP contribution in [-0.4, -0.2) is 28.2 Å². The topological polar surface area (TPSA) is 71.0 Å². The van der Waals surface area contributed by atoms with Gasteiger partial charge in [-0.15, -0.1) is 0 Å². The predicted octanol–water partition coefficient (Wildman–Crippen LogP) is 1.78. The van der Waals surface area contributed by atoms with Crippen molar-refractivity contribution >= 4 is 28.7 Å². The summed E-state index contributed by atoms with van der Waals surface area (Å²) in [6.07, 6.45) is 3.33. The van der Waals surface area contributed by atoms with Crippen LogP contribution in [0.15, 0.2) is 22.1 Å². The fourth-order valence-electron chi connectivity index (χ4n) is 1.69. The maximum atomic E-state index is 11.7. The van der Waals surface area contributed by atoms with Crippen molar-refractivity contribution in [2.75, 3.05) is 7.05 Å². The molecule has 0 aliphatic heterocycles. The fraction of sp³-hybridized carbons (Fsp3) is 0.273. The van der Waals surface area contributed by atoms with Crippen LogP contribution in [0.25, 0.3) is 10.9 Å². The molecule has 0 spiro atoms. The van der Waals surface area contributed by atoms with E-state index in [0.29, 0.717) is 16.6 Å². The second kappa shape index (κ2) is 4.63. The lowest BCUT2D eigenvalue weighted by molar-refractivity contribution is 0.968. The van der Waals surface area contributed by atoms with Crippen LogP contribution in [-0.2, 0) is 0 Å². The molecule has 2 aromatic rings. The smallest absolute Gasteiger partial charge is 0.259 e. The minimum absolute atomic E-state index is 0.0194. The number of hydrogen-bond donors (Lipinski definition) is 1. The number of nitrogens with zero attached hydrogens (tertiary/aromatic N) is 3. The number of aliphatic imine (C=N–C) groups is 1. The molecular formula is C11H11ClN4O. The second-order valence-corrected chi connectivity index (χ2v) is 4.00. The maximum Gasteiger partial charge on any atom is 0.259 e. The van der Waals surface area contributed by atoms with Gasteiger partial charge in [-0.1, -0.05) is 6.92 Å². The van der Waals surface area contributed by atoms with Gasteiger partial charge in [0.05, 0.1) is 11.1 Å². The molecule has 2 aromatic heterocycles. The van der Waals surface area contributed by atoms with Crippen LogP contribution in [0.2, 0.25) is 5.28 Å². The number of fused-ring (bicyclic) bond motifs is 1. The monoisotopic (exact) mass is 250 g/mol. The molecule has 6 heteroatoms. The molecule has 0 saturated carbocycles. The number of aromatic nitrogens is 3. The van der Waals surface area contributed by atoms with E-state index in [1.807, 2.05) is 6.92 Å². The van der Waals surface area contributed by atoms with Crippen molar-refractivity contribution in [1.82, 2.24) is 15.0 Å². The quantitative estimate of drug-likeness (QED) is 0.652.